The summed E-state index contributed by atoms with van der Waals surface area (Å²) in [6, 6.07) is 6.03. The Hall–Kier alpha value is -1.53. The maximum atomic E-state index is 13.1. The summed E-state index contributed by atoms with van der Waals surface area (Å²) in [6.45, 7) is 1.81. The molecule has 0 bridgehead atoms. The largest absolute Gasteiger partial charge is 0.263 e. The van der Waals surface area contributed by atoms with E-state index in [0.29, 0.717) is 26.9 Å². The van der Waals surface area contributed by atoms with Crippen LogP contribution in [0.25, 0.3) is 17.0 Å². The van der Waals surface area contributed by atoms with Crippen molar-refractivity contribution in [1.82, 2.24) is 19.6 Å². The first-order valence-electron chi connectivity index (χ1n) is 5.40. The Bertz CT molecular complexity index is 787. The third-order valence-corrected chi connectivity index (χ3v) is 3.55. The molecule has 0 saturated carbocycles. The lowest BCUT2D eigenvalue weighted by Crippen LogP contribution is -1.98. The maximum Gasteiger partial charge on any atom is 0.170 e. The Morgan fingerprint density at radius 2 is 2.05 bits per heavy atom. The Morgan fingerprint density at radius 1 is 1.26 bits per heavy atom. The van der Waals surface area contributed by atoms with Gasteiger partial charge in [0, 0.05) is 16.1 Å². The predicted molar refractivity (Wildman–Crippen MR) is 73.6 cm³/mol. The van der Waals surface area contributed by atoms with Crippen molar-refractivity contribution in [2.45, 2.75) is 6.92 Å². The first kappa shape index (κ1) is 12.5. The van der Waals surface area contributed by atoms with Gasteiger partial charge in [0.15, 0.2) is 11.5 Å². The van der Waals surface area contributed by atoms with Crippen LogP contribution in [-0.4, -0.2) is 19.6 Å². The molecular formula is C12H7BrClFN4. The van der Waals surface area contributed by atoms with Crippen molar-refractivity contribution < 1.29 is 4.39 Å². The van der Waals surface area contributed by atoms with Crippen molar-refractivity contribution in [3.63, 3.8) is 0 Å². The standard InChI is InChI=1S/C12H7BrClFN4/c1-6-16-10(14)5-11-17-18-12(19(6)11)8-3-2-7(15)4-9(8)13/h2-5H,1H3. The normalized spacial score (nSPS) is 11.2. The van der Waals surface area contributed by atoms with Crippen LogP contribution in [0.3, 0.4) is 0 Å². The Balaban J connectivity index is 2.31. The molecular weight excluding hydrogens is 335 g/mol. The van der Waals surface area contributed by atoms with Crippen LogP contribution in [-0.2, 0) is 0 Å². The zero-order valence-corrected chi connectivity index (χ0v) is 12.1. The molecule has 0 saturated heterocycles. The highest BCUT2D eigenvalue weighted by atomic mass is 79.9. The minimum atomic E-state index is -0.317. The van der Waals surface area contributed by atoms with Crippen molar-refractivity contribution in [2.24, 2.45) is 0 Å². The van der Waals surface area contributed by atoms with Gasteiger partial charge in [0.1, 0.15) is 16.8 Å². The fraction of sp³-hybridized carbons (Fsp3) is 0.0833. The molecule has 96 valence electrons. The number of fused-ring (bicyclic) bond motifs is 1. The molecule has 0 N–H and O–H groups in total. The maximum absolute atomic E-state index is 13.1. The van der Waals surface area contributed by atoms with Crippen LogP contribution in [0.15, 0.2) is 28.7 Å². The highest BCUT2D eigenvalue weighted by Crippen LogP contribution is 2.28. The van der Waals surface area contributed by atoms with E-state index in [1.165, 1.54) is 12.1 Å². The third-order valence-electron chi connectivity index (χ3n) is 2.70. The number of nitrogens with zero attached hydrogens (tertiary/aromatic N) is 4. The number of aromatic nitrogens is 4. The molecule has 1 aromatic carbocycles. The van der Waals surface area contributed by atoms with Crippen LogP contribution in [0, 0.1) is 12.7 Å². The monoisotopic (exact) mass is 340 g/mol. The molecule has 3 rings (SSSR count). The summed E-state index contributed by atoms with van der Waals surface area (Å²) in [7, 11) is 0. The van der Waals surface area contributed by atoms with Crippen molar-refractivity contribution >= 4 is 33.2 Å². The van der Waals surface area contributed by atoms with Crippen LogP contribution >= 0.6 is 27.5 Å². The summed E-state index contributed by atoms with van der Waals surface area (Å²) in [6.07, 6.45) is 0. The van der Waals surface area contributed by atoms with Gasteiger partial charge in [0.05, 0.1) is 0 Å². The highest BCUT2D eigenvalue weighted by molar-refractivity contribution is 9.10. The average molecular weight is 342 g/mol. The molecule has 3 aromatic rings. The molecule has 4 nitrogen and oxygen atoms in total. The van der Waals surface area contributed by atoms with E-state index in [1.54, 1.807) is 16.5 Å². The zero-order chi connectivity index (χ0) is 13.6. The summed E-state index contributed by atoms with van der Waals surface area (Å²) in [4.78, 5) is 4.17. The van der Waals surface area contributed by atoms with Gasteiger partial charge in [-0.1, -0.05) is 11.6 Å². The first-order chi connectivity index (χ1) is 9.06. The third kappa shape index (κ3) is 2.11. The Labute approximate surface area is 121 Å². The number of halogens is 3. The summed E-state index contributed by atoms with van der Waals surface area (Å²) in [5, 5.41) is 8.54. The predicted octanol–water partition coefficient (Wildman–Crippen LogP) is 3.65. The minimum Gasteiger partial charge on any atom is -0.263 e. The van der Waals surface area contributed by atoms with Gasteiger partial charge in [-0.15, -0.1) is 10.2 Å². The van der Waals surface area contributed by atoms with E-state index < -0.39 is 0 Å². The number of hydrogen-bond acceptors (Lipinski definition) is 3. The van der Waals surface area contributed by atoms with Gasteiger partial charge in [-0.25, -0.2) is 9.37 Å². The van der Waals surface area contributed by atoms with E-state index in [2.05, 4.69) is 31.1 Å². The van der Waals surface area contributed by atoms with E-state index >= 15 is 0 Å². The molecule has 2 aromatic heterocycles. The smallest absolute Gasteiger partial charge is 0.170 e. The second-order valence-electron chi connectivity index (χ2n) is 3.97. The van der Waals surface area contributed by atoms with Gasteiger partial charge in [0.2, 0.25) is 0 Å². The molecule has 2 heterocycles. The second-order valence-corrected chi connectivity index (χ2v) is 5.21. The van der Waals surface area contributed by atoms with Crippen molar-refractivity contribution in [3.8, 4) is 11.4 Å². The topological polar surface area (TPSA) is 43.1 Å². The molecule has 0 radical (unpaired) electrons. The van der Waals surface area contributed by atoms with E-state index in [9.17, 15) is 4.39 Å². The number of benzene rings is 1. The fourth-order valence-corrected chi connectivity index (χ4v) is 2.65. The van der Waals surface area contributed by atoms with Crippen LogP contribution in [0.5, 0.6) is 0 Å². The van der Waals surface area contributed by atoms with Crippen LogP contribution in [0.4, 0.5) is 4.39 Å². The number of aryl methyl sites for hydroxylation is 1. The molecule has 0 unspecified atom stereocenters. The summed E-state index contributed by atoms with van der Waals surface area (Å²) in [5.74, 6) is 0.935. The number of rotatable bonds is 1. The van der Waals surface area contributed by atoms with Crippen molar-refractivity contribution in [3.05, 3.63) is 45.5 Å². The van der Waals surface area contributed by atoms with Crippen LogP contribution < -0.4 is 0 Å². The molecule has 0 aliphatic heterocycles. The van der Waals surface area contributed by atoms with Gasteiger partial charge < -0.3 is 0 Å². The Morgan fingerprint density at radius 3 is 2.79 bits per heavy atom. The van der Waals surface area contributed by atoms with Crippen molar-refractivity contribution in [2.75, 3.05) is 0 Å². The SMILES string of the molecule is Cc1nc(Cl)cc2nnc(-c3ccc(F)cc3Br)n12. The summed E-state index contributed by atoms with van der Waals surface area (Å²) < 4.78 is 15.5. The summed E-state index contributed by atoms with van der Waals surface area (Å²) >= 11 is 9.21. The van der Waals surface area contributed by atoms with E-state index in [1.807, 2.05) is 6.92 Å². The average Bonchev–Trinajstić information content (AvgIpc) is 2.72. The molecule has 19 heavy (non-hydrogen) atoms. The molecule has 0 spiro atoms. The van der Waals surface area contributed by atoms with Gasteiger partial charge >= 0.3 is 0 Å². The van der Waals surface area contributed by atoms with Gasteiger partial charge in [-0.05, 0) is 41.1 Å². The number of hydrogen-bond donors (Lipinski definition) is 0. The van der Waals surface area contributed by atoms with E-state index in [4.69, 9.17) is 11.6 Å². The van der Waals surface area contributed by atoms with Gasteiger partial charge in [-0.2, -0.15) is 0 Å². The molecule has 0 amide bonds. The van der Waals surface area contributed by atoms with Gasteiger partial charge in [0.25, 0.3) is 0 Å². The molecule has 0 atom stereocenters. The Kier molecular flexibility index (Phi) is 2.99. The zero-order valence-electron chi connectivity index (χ0n) is 9.73. The highest BCUT2D eigenvalue weighted by Gasteiger charge is 2.14. The van der Waals surface area contributed by atoms with Crippen LogP contribution in [0.1, 0.15) is 5.82 Å². The minimum absolute atomic E-state index is 0.317. The second kappa shape index (κ2) is 4.54. The molecule has 0 aliphatic carbocycles. The van der Waals surface area contributed by atoms with E-state index in [0.717, 1.165) is 5.56 Å². The van der Waals surface area contributed by atoms with E-state index in [-0.39, 0.29) is 5.82 Å². The first-order valence-corrected chi connectivity index (χ1v) is 6.57. The molecule has 0 fully saturated rings. The lowest BCUT2D eigenvalue weighted by molar-refractivity contribution is 0.627. The van der Waals surface area contributed by atoms with Crippen molar-refractivity contribution in [1.29, 1.82) is 0 Å². The quantitative estimate of drug-likeness (QED) is 0.635. The lowest BCUT2D eigenvalue weighted by atomic mass is 10.2. The molecule has 7 heteroatoms. The fourth-order valence-electron chi connectivity index (χ4n) is 1.90. The van der Waals surface area contributed by atoms with Crippen LogP contribution in [0.2, 0.25) is 5.15 Å². The molecule has 0 aliphatic rings. The van der Waals surface area contributed by atoms with Gasteiger partial charge in [-0.3, -0.25) is 4.40 Å². The lowest BCUT2D eigenvalue weighted by Gasteiger charge is -2.05. The summed E-state index contributed by atoms with van der Waals surface area (Å²) in [5.41, 5.74) is 1.34.